The number of nitrogens with two attached hydrogens (primary N) is 1. The van der Waals surface area contributed by atoms with Crippen LogP contribution in [-0.2, 0) is 4.79 Å². The Morgan fingerprint density at radius 3 is 2.52 bits per heavy atom. The summed E-state index contributed by atoms with van der Waals surface area (Å²) in [5.74, 6) is 0.822. The molecule has 0 spiro atoms. The maximum atomic E-state index is 11.3. The molecule has 3 N–H and O–H groups in total. The molecule has 1 saturated heterocycles. The Labute approximate surface area is 138 Å². The second-order valence-corrected chi connectivity index (χ2v) is 4.70. The highest BCUT2D eigenvalue weighted by Crippen LogP contribution is 2.29. The molecule has 5 nitrogen and oxygen atoms in total. The van der Waals surface area contributed by atoms with E-state index in [-0.39, 0.29) is 43.3 Å². The number of hydrogen-bond donors (Lipinski definition) is 2. The van der Waals surface area contributed by atoms with E-state index in [1.54, 1.807) is 7.11 Å². The van der Waals surface area contributed by atoms with Crippen LogP contribution in [-0.4, -0.2) is 38.7 Å². The molecule has 1 aliphatic heterocycles. The summed E-state index contributed by atoms with van der Waals surface area (Å²) < 4.78 is 5.38. The minimum absolute atomic E-state index is 0. The fraction of sp³-hybridized carbons (Fsp3) is 0.500. The van der Waals surface area contributed by atoms with Gasteiger partial charge in [-0.3, -0.25) is 4.79 Å². The number of rotatable bonds is 4. The third-order valence-electron chi connectivity index (χ3n) is 3.47. The molecule has 1 amide bonds. The Balaban J connectivity index is 0.00000200. The highest BCUT2D eigenvalue weighted by Gasteiger charge is 2.21. The molecule has 0 saturated carbocycles. The van der Waals surface area contributed by atoms with E-state index in [0.29, 0.717) is 0 Å². The fourth-order valence-corrected chi connectivity index (χ4v) is 2.44. The summed E-state index contributed by atoms with van der Waals surface area (Å²) in [6.45, 7) is 1.89. The maximum absolute atomic E-state index is 11.3. The lowest BCUT2D eigenvalue weighted by molar-refractivity contribution is -0.120. The third-order valence-corrected chi connectivity index (χ3v) is 3.47. The summed E-state index contributed by atoms with van der Waals surface area (Å²) in [6, 6.07) is 8.26. The minimum atomic E-state index is -0.0734. The number of benzene rings is 1. The molecule has 0 radical (unpaired) electrons. The van der Waals surface area contributed by atoms with Crippen molar-refractivity contribution in [3.63, 3.8) is 0 Å². The number of carbonyl (C=O) groups is 1. The van der Waals surface area contributed by atoms with Gasteiger partial charge in [0, 0.05) is 19.1 Å². The van der Waals surface area contributed by atoms with E-state index in [2.05, 4.69) is 16.3 Å². The first-order valence-corrected chi connectivity index (χ1v) is 6.62. The van der Waals surface area contributed by atoms with E-state index < -0.39 is 0 Å². The van der Waals surface area contributed by atoms with Crippen LogP contribution < -0.4 is 20.7 Å². The molecule has 1 fully saturated rings. The molecule has 0 aromatic heterocycles. The lowest BCUT2D eigenvalue weighted by atomic mass is 10.0. The van der Waals surface area contributed by atoms with Crippen LogP contribution >= 0.6 is 24.8 Å². The van der Waals surface area contributed by atoms with E-state index >= 15 is 0 Å². The van der Waals surface area contributed by atoms with Crippen molar-refractivity contribution in [2.75, 3.05) is 31.6 Å². The predicted molar refractivity (Wildman–Crippen MR) is 89.9 cm³/mol. The van der Waals surface area contributed by atoms with E-state index in [1.807, 2.05) is 18.2 Å². The highest BCUT2D eigenvalue weighted by atomic mass is 35.5. The molecule has 7 heteroatoms. The van der Waals surface area contributed by atoms with Crippen LogP contribution in [0.5, 0.6) is 5.75 Å². The first-order chi connectivity index (χ1) is 9.24. The Morgan fingerprint density at radius 1 is 1.33 bits per heavy atom. The molecule has 0 bridgehead atoms. The highest BCUT2D eigenvalue weighted by molar-refractivity contribution is 5.85. The topological polar surface area (TPSA) is 67.6 Å². The van der Waals surface area contributed by atoms with Crippen LogP contribution in [0.15, 0.2) is 24.3 Å². The van der Waals surface area contributed by atoms with Crippen molar-refractivity contribution >= 4 is 36.4 Å². The van der Waals surface area contributed by atoms with Gasteiger partial charge in [-0.2, -0.15) is 0 Å². The molecule has 21 heavy (non-hydrogen) atoms. The quantitative estimate of drug-likeness (QED) is 0.876. The Bertz CT molecular complexity index is 438. The van der Waals surface area contributed by atoms with Crippen molar-refractivity contribution in [1.29, 1.82) is 0 Å². The average Bonchev–Trinajstić information content (AvgIpc) is 2.48. The number of anilines is 1. The van der Waals surface area contributed by atoms with Gasteiger partial charge in [-0.1, -0.05) is 12.1 Å². The number of nitrogens with zero attached hydrogens (tertiary/aromatic N) is 1. The van der Waals surface area contributed by atoms with Gasteiger partial charge in [-0.05, 0) is 25.0 Å². The molecule has 1 aliphatic rings. The van der Waals surface area contributed by atoms with Gasteiger partial charge in [0.25, 0.3) is 0 Å². The molecule has 1 heterocycles. The standard InChI is InChI=1S/C14H21N3O2.2ClH/c1-19-13-5-3-2-4-12(13)17-8-6-11(7-9-17)16-14(18)10-15;;/h2-5,11H,6-10,15H2,1H3,(H,16,18);2*1H. The summed E-state index contributed by atoms with van der Waals surface area (Å²) in [4.78, 5) is 13.6. The first-order valence-electron chi connectivity index (χ1n) is 6.62. The van der Waals surface area contributed by atoms with Crippen LogP contribution in [0, 0.1) is 0 Å². The molecule has 0 unspecified atom stereocenters. The van der Waals surface area contributed by atoms with Crippen molar-refractivity contribution in [3.8, 4) is 5.75 Å². The molecule has 1 aromatic rings. The minimum Gasteiger partial charge on any atom is -0.495 e. The average molecular weight is 336 g/mol. The summed E-state index contributed by atoms with van der Waals surface area (Å²) in [5, 5.41) is 2.95. The van der Waals surface area contributed by atoms with Crippen molar-refractivity contribution in [2.45, 2.75) is 18.9 Å². The maximum Gasteiger partial charge on any atom is 0.233 e. The monoisotopic (exact) mass is 335 g/mol. The molecular formula is C14H23Cl2N3O2. The number of amides is 1. The molecule has 2 rings (SSSR count). The van der Waals surface area contributed by atoms with Crippen LogP contribution in [0.4, 0.5) is 5.69 Å². The van der Waals surface area contributed by atoms with Crippen LogP contribution in [0.1, 0.15) is 12.8 Å². The summed E-state index contributed by atoms with van der Waals surface area (Å²) in [5.41, 5.74) is 6.43. The molecule has 0 atom stereocenters. The van der Waals surface area contributed by atoms with Gasteiger partial charge in [0.05, 0.1) is 19.3 Å². The van der Waals surface area contributed by atoms with E-state index in [1.165, 1.54) is 0 Å². The number of carbonyl (C=O) groups excluding carboxylic acids is 1. The zero-order valence-corrected chi connectivity index (χ0v) is 13.7. The number of piperidine rings is 1. The van der Waals surface area contributed by atoms with Gasteiger partial charge in [-0.25, -0.2) is 0 Å². The van der Waals surface area contributed by atoms with Crippen molar-refractivity contribution in [2.24, 2.45) is 5.73 Å². The van der Waals surface area contributed by atoms with Crippen LogP contribution in [0.2, 0.25) is 0 Å². The third kappa shape index (κ3) is 5.26. The lowest BCUT2D eigenvalue weighted by Gasteiger charge is -2.34. The Morgan fingerprint density at radius 2 is 1.95 bits per heavy atom. The number of methoxy groups -OCH3 is 1. The SMILES string of the molecule is COc1ccccc1N1CCC(NC(=O)CN)CC1.Cl.Cl. The molecule has 120 valence electrons. The van der Waals surface area contributed by atoms with Crippen molar-refractivity contribution < 1.29 is 9.53 Å². The van der Waals surface area contributed by atoms with E-state index in [0.717, 1.165) is 37.4 Å². The number of halogens is 2. The second kappa shape index (κ2) is 9.71. The largest absolute Gasteiger partial charge is 0.495 e. The van der Waals surface area contributed by atoms with Gasteiger partial charge in [0.15, 0.2) is 0 Å². The van der Waals surface area contributed by atoms with Crippen LogP contribution in [0.25, 0.3) is 0 Å². The van der Waals surface area contributed by atoms with Crippen LogP contribution in [0.3, 0.4) is 0 Å². The number of para-hydroxylation sites is 2. The molecule has 1 aromatic carbocycles. The lowest BCUT2D eigenvalue weighted by Crippen LogP contribution is -2.46. The Hall–Kier alpha value is -1.17. The normalized spacial score (nSPS) is 14.7. The van der Waals surface area contributed by atoms with E-state index in [9.17, 15) is 4.79 Å². The van der Waals surface area contributed by atoms with Gasteiger partial charge in [-0.15, -0.1) is 24.8 Å². The zero-order valence-electron chi connectivity index (χ0n) is 12.1. The van der Waals surface area contributed by atoms with Gasteiger partial charge in [0.2, 0.25) is 5.91 Å². The predicted octanol–water partition coefficient (Wildman–Crippen LogP) is 1.58. The Kier molecular flexibility index (Phi) is 9.17. The molecular weight excluding hydrogens is 313 g/mol. The fourth-order valence-electron chi connectivity index (χ4n) is 2.44. The zero-order chi connectivity index (χ0) is 13.7. The summed E-state index contributed by atoms with van der Waals surface area (Å²) >= 11 is 0. The van der Waals surface area contributed by atoms with Gasteiger partial charge >= 0.3 is 0 Å². The number of nitrogens with one attached hydrogen (secondary N) is 1. The first kappa shape index (κ1) is 19.8. The number of ether oxygens (including phenoxy) is 1. The molecule has 0 aliphatic carbocycles. The smallest absolute Gasteiger partial charge is 0.233 e. The van der Waals surface area contributed by atoms with Gasteiger partial charge < -0.3 is 20.7 Å². The summed E-state index contributed by atoms with van der Waals surface area (Å²) in [7, 11) is 1.69. The van der Waals surface area contributed by atoms with E-state index in [4.69, 9.17) is 10.5 Å². The van der Waals surface area contributed by atoms with Crippen molar-refractivity contribution in [1.82, 2.24) is 5.32 Å². The second-order valence-electron chi connectivity index (χ2n) is 4.70. The van der Waals surface area contributed by atoms with Crippen molar-refractivity contribution in [3.05, 3.63) is 24.3 Å². The number of hydrogen-bond acceptors (Lipinski definition) is 4. The summed E-state index contributed by atoms with van der Waals surface area (Å²) in [6.07, 6.45) is 1.87. The van der Waals surface area contributed by atoms with Gasteiger partial charge in [0.1, 0.15) is 5.75 Å².